The normalized spacial score (nSPS) is 13.8. The molecule has 1 heterocycles. The lowest BCUT2D eigenvalue weighted by atomic mass is 9.99. The van der Waals surface area contributed by atoms with Crippen molar-refractivity contribution in [1.82, 2.24) is 10.6 Å². The number of amides is 2. The van der Waals surface area contributed by atoms with E-state index in [9.17, 15) is 18.3 Å². The highest BCUT2D eigenvalue weighted by Gasteiger charge is 2.18. The highest BCUT2D eigenvalue weighted by atomic mass is 32.2. The number of aromatic hydroxyl groups is 1. The Kier molecular flexibility index (Phi) is 6.38. The van der Waals surface area contributed by atoms with E-state index in [4.69, 9.17) is 0 Å². The summed E-state index contributed by atoms with van der Waals surface area (Å²) in [6.45, 7) is 3.44. The third-order valence-corrected chi connectivity index (χ3v) is 8.18. The number of phenolic OH excluding ortho intramolecular Hbond substituents is 1. The van der Waals surface area contributed by atoms with E-state index in [1.54, 1.807) is 24.3 Å². The molecule has 0 aliphatic carbocycles. The summed E-state index contributed by atoms with van der Waals surface area (Å²) in [7, 11) is -3.52. The van der Waals surface area contributed by atoms with Crippen molar-refractivity contribution in [2.75, 3.05) is 5.32 Å². The minimum atomic E-state index is -3.52. The van der Waals surface area contributed by atoms with Gasteiger partial charge < -0.3 is 21.1 Å². The Bertz CT molecular complexity index is 1550. The first kappa shape index (κ1) is 23.8. The Balaban J connectivity index is 1.24. The van der Waals surface area contributed by atoms with Gasteiger partial charge in [0.25, 0.3) is 0 Å². The first-order valence-corrected chi connectivity index (χ1v) is 13.4. The van der Waals surface area contributed by atoms with Crippen LogP contribution in [0.1, 0.15) is 35.2 Å². The SMILES string of the molecule is CC(NC(=O)Nc1ccc(S(=O)(=O)Cc2ccc3c(c2)CNC3)cc1)c1ccc(O)c2ccccc12. The van der Waals surface area contributed by atoms with Crippen LogP contribution in [0.15, 0.2) is 83.8 Å². The molecule has 0 saturated carbocycles. The van der Waals surface area contributed by atoms with Crippen LogP contribution in [0.5, 0.6) is 5.75 Å². The predicted molar refractivity (Wildman–Crippen MR) is 140 cm³/mol. The summed E-state index contributed by atoms with van der Waals surface area (Å²) in [6.07, 6.45) is 0. The topological polar surface area (TPSA) is 108 Å². The van der Waals surface area contributed by atoms with E-state index in [1.807, 2.05) is 49.4 Å². The highest BCUT2D eigenvalue weighted by molar-refractivity contribution is 7.90. The van der Waals surface area contributed by atoms with Gasteiger partial charge in [0.2, 0.25) is 0 Å². The second-order valence-electron chi connectivity index (χ2n) is 9.03. The molecule has 0 saturated heterocycles. The standard InChI is InChI=1S/C28H27N3O4S/c1-18(24-12-13-27(32)26-5-3-2-4-25(24)26)30-28(33)31-22-8-10-23(11-9-22)36(34,35)17-19-6-7-20-15-29-16-21(20)14-19/h2-14,18,29,32H,15-17H2,1H3,(H2,30,31,33). The molecule has 1 unspecified atom stereocenters. The number of hydrogen-bond acceptors (Lipinski definition) is 5. The van der Waals surface area contributed by atoms with Gasteiger partial charge in [0.1, 0.15) is 5.75 Å². The lowest BCUT2D eigenvalue weighted by molar-refractivity contribution is 0.249. The van der Waals surface area contributed by atoms with Crippen LogP contribution in [0.4, 0.5) is 10.5 Å². The summed E-state index contributed by atoms with van der Waals surface area (Å²) < 4.78 is 25.9. The average molecular weight is 502 g/mol. The van der Waals surface area contributed by atoms with E-state index >= 15 is 0 Å². The molecule has 0 spiro atoms. The molecule has 36 heavy (non-hydrogen) atoms. The van der Waals surface area contributed by atoms with Crippen molar-refractivity contribution in [3.63, 3.8) is 0 Å². The maximum absolute atomic E-state index is 12.9. The summed E-state index contributed by atoms with van der Waals surface area (Å²) in [4.78, 5) is 12.8. The summed E-state index contributed by atoms with van der Waals surface area (Å²) >= 11 is 0. The minimum Gasteiger partial charge on any atom is -0.507 e. The zero-order chi connectivity index (χ0) is 25.3. The minimum absolute atomic E-state index is 0.0777. The van der Waals surface area contributed by atoms with Crippen molar-refractivity contribution < 1.29 is 18.3 Å². The lowest BCUT2D eigenvalue weighted by Gasteiger charge is -2.18. The zero-order valence-electron chi connectivity index (χ0n) is 19.8. The Morgan fingerprint density at radius 2 is 1.67 bits per heavy atom. The number of carbonyl (C=O) groups is 1. The number of hydrogen-bond donors (Lipinski definition) is 4. The number of sulfone groups is 1. The van der Waals surface area contributed by atoms with E-state index < -0.39 is 15.9 Å². The number of benzene rings is 4. The molecule has 0 aromatic heterocycles. The molecule has 8 heteroatoms. The van der Waals surface area contributed by atoms with Gasteiger partial charge in [0.15, 0.2) is 9.84 Å². The average Bonchev–Trinajstić information content (AvgIpc) is 3.32. The molecule has 7 nitrogen and oxygen atoms in total. The van der Waals surface area contributed by atoms with Gasteiger partial charge in [-0.05, 0) is 64.9 Å². The van der Waals surface area contributed by atoms with Crippen molar-refractivity contribution in [3.05, 3.63) is 101 Å². The molecular weight excluding hydrogens is 474 g/mol. The van der Waals surface area contributed by atoms with E-state index in [2.05, 4.69) is 16.0 Å². The van der Waals surface area contributed by atoms with Crippen LogP contribution < -0.4 is 16.0 Å². The lowest BCUT2D eigenvalue weighted by Crippen LogP contribution is -2.31. The quantitative estimate of drug-likeness (QED) is 0.297. The number of rotatable bonds is 6. The number of carbonyl (C=O) groups excluding carboxylic acids is 1. The van der Waals surface area contributed by atoms with Gasteiger partial charge in [-0.2, -0.15) is 0 Å². The van der Waals surface area contributed by atoms with Gasteiger partial charge in [0.05, 0.1) is 16.7 Å². The molecule has 2 amide bonds. The molecule has 1 aliphatic rings. The predicted octanol–water partition coefficient (Wildman–Crippen LogP) is 5.01. The number of phenols is 1. The summed E-state index contributed by atoms with van der Waals surface area (Å²) in [5.74, 6) is 0.111. The molecule has 0 radical (unpaired) electrons. The van der Waals surface area contributed by atoms with Crippen molar-refractivity contribution in [2.24, 2.45) is 0 Å². The van der Waals surface area contributed by atoms with Crippen LogP contribution >= 0.6 is 0 Å². The van der Waals surface area contributed by atoms with Crippen molar-refractivity contribution >= 4 is 32.3 Å². The molecular formula is C28H27N3O4S. The van der Waals surface area contributed by atoms with E-state index in [1.165, 1.54) is 17.7 Å². The smallest absolute Gasteiger partial charge is 0.319 e. The Morgan fingerprint density at radius 1 is 0.944 bits per heavy atom. The molecule has 4 aromatic rings. The molecule has 4 N–H and O–H groups in total. The Hall–Kier alpha value is -3.88. The highest BCUT2D eigenvalue weighted by Crippen LogP contribution is 2.31. The number of anilines is 1. The largest absolute Gasteiger partial charge is 0.507 e. The first-order chi connectivity index (χ1) is 17.3. The van der Waals surface area contributed by atoms with Gasteiger partial charge in [-0.3, -0.25) is 0 Å². The molecule has 0 fully saturated rings. The maximum Gasteiger partial charge on any atom is 0.319 e. The molecule has 5 rings (SSSR count). The monoisotopic (exact) mass is 501 g/mol. The molecule has 1 atom stereocenters. The van der Waals surface area contributed by atoms with E-state index in [-0.39, 0.29) is 22.4 Å². The second kappa shape index (κ2) is 9.64. The Labute approximate surface area is 210 Å². The van der Waals surface area contributed by atoms with Crippen LogP contribution in [-0.2, 0) is 28.7 Å². The third kappa shape index (κ3) is 4.91. The van der Waals surface area contributed by atoms with Crippen LogP contribution in [0.3, 0.4) is 0 Å². The summed E-state index contributed by atoms with van der Waals surface area (Å²) in [5.41, 5.74) is 4.47. The molecule has 184 valence electrons. The van der Waals surface area contributed by atoms with Crippen molar-refractivity contribution in [3.8, 4) is 5.75 Å². The van der Waals surface area contributed by atoms with Crippen molar-refractivity contribution in [2.45, 2.75) is 36.7 Å². The maximum atomic E-state index is 12.9. The number of fused-ring (bicyclic) bond motifs is 2. The molecule has 4 aromatic carbocycles. The Morgan fingerprint density at radius 3 is 2.44 bits per heavy atom. The van der Waals surface area contributed by atoms with Crippen molar-refractivity contribution in [1.29, 1.82) is 0 Å². The summed E-state index contributed by atoms with van der Waals surface area (Å²) in [6, 6.07) is 22.1. The fourth-order valence-electron chi connectivity index (χ4n) is 4.61. The van der Waals surface area contributed by atoms with Gasteiger partial charge in [-0.15, -0.1) is 0 Å². The van der Waals surface area contributed by atoms with Crippen LogP contribution in [0.25, 0.3) is 10.8 Å². The summed E-state index contributed by atoms with van der Waals surface area (Å²) in [5, 5.41) is 20.6. The fraction of sp³-hybridized carbons (Fsp3) is 0.179. The molecule has 0 bridgehead atoms. The second-order valence-corrected chi connectivity index (χ2v) is 11.0. The van der Waals surface area contributed by atoms with Gasteiger partial charge >= 0.3 is 6.03 Å². The zero-order valence-corrected chi connectivity index (χ0v) is 20.6. The third-order valence-electron chi connectivity index (χ3n) is 6.48. The number of urea groups is 1. The van der Waals surface area contributed by atoms with E-state index in [0.29, 0.717) is 5.69 Å². The van der Waals surface area contributed by atoms with Crippen LogP contribution in [0.2, 0.25) is 0 Å². The van der Waals surface area contributed by atoms with Crippen LogP contribution in [0, 0.1) is 0 Å². The van der Waals surface area contributed by atoms with Gasteiger partial charge in [-0.1, -0.05) is 48.5 Å². The van der Waals surface area contributed by atoms with Gasteiger partial charge in [0, 0.05) is 24.2 Å². The first-order valence-electron chi connectivity index (χ1n) is 11.7. The fourth-order valence-corrected chi connectivity index (χ4v) is 5.95. The van der Waals surface area contributed by atoms with E-state index in [0.717, 1.165) is 40.6 Å². The van der Waals surface area contributed by atoms with Crippen LogP contribution in [-0.4, -0.2) is 19.6 Å². The van der Waals surface area contributed by atoms with Gasteiger partial charge in [-0.25, -0.2) is 13.2 Å². The molecule has 1 aliphatic heterocycles. The number of nitrogens with one attached hydrogen (secondary N) is 3.